The van der Waals surface area contributed by atoms with Crippen LogP contribution >= 0.6 is 0 Å². The first-order chi connectivity index (χ1) is 3.27. The third-order valence-electron chi connectivity index (χ3n) is 1.50. The minimum absolute atomic E-state index is 0.0503. The van der Waals surface area contributed by atoms with Crippen LogP contribution < -0.4 is 0 Å². The van der Waals surface area contributed by atoms with Crippen LogP contribution in [0.5, 0.6) is 0 Å². The fraction of sp³-hybridized carbons (Fsp3) is 1.00. The first-order valence-electron chi connectivity index (χ1n) is 2.67. The van der Waals surface area contributed by atoms with Gasteiger partial charge in [0.25, 0.3) is 0 Å². The molecule has 0 heterocycles. The van der Waals surface area contributed by atoms with Crippen molar-refractivity contribution in [2.75, 3.05) is 6.61 Å². The molecule has 1 rings (SSSR count). The number of aliphatic hydroxyl groups excluding tert-OH is 1. The van der Waals surface area contributed by atoms with Crippen molar-refractivity contribution >= 4 is 7.85 Å². The molecule has 0 atom stereocenters. The average molecular weight is 95.9 g/mol. The number of hydrogen-bond acceptors (Lipinski definition) is 1. The van der Waals surface area contributed by atoms with Crippen molar-refractivity contribution in [3.8, 4) is 0 Å². The van der Waals surface area contributed by atoms with Gasteiger partial charge in [0.1, 0.15) is 0 Å². The summed E-state index contributed by atoms with van der Waals surface area (Å²) in [6.07, 6.45) is 2.99. The minimum atomic E-state index is 0.0503. The van der Waals surface area contributed by atoms with Gasteiger partial charge in [-0.05, 0) is 6.42 Å². The summed E-state index contributed by atoms with van der Waals surface area (Å²) in [5.74, 6) is 0. The Bertz CT molecular complexity index is 68.5. The Morgan fingerprint density at radius 2 is 2.14 bits per heavy atom. The molecular weight excluding hydrogens is 86.9 g/mol. The third kappa shape index (κ3) is 1.20. The fourth-order valence-corrected chi connectivity index (χ4v) is 0.633. The van der Waals surface area contributed by atoms with Crippen LogP contribution in [-0.4, -0.2) is 19.6 Å². The van der Waals surface area contributed by atoms with E-state index in [1.54, 1.807) is 0 Å². The quantitative estimate of drug-likeness (QED) is 0.496. The lowest BCUT2D eigenvalue weighted by molar-refractivity contribution is 0.282. The van der Waals surface area contributed by atoms with Gasteiger partial charge in [-0.15, -0.1) is 0 Å². The van der Waals surface area contributed by atoms with Crippen molar-refractivity contribution in [3.63, 3.8) is 0 Å². The summed E-state index contributed by atoms with van der Waals surface area (Å²) in [6.45, 7) is 0.247. The molecule has 1 N–H and O–H groups in total. The van der Waals surface area contributed by atoms with Gasteiger partial charge in [-0.25, -0.2) is 0 Å². The van der Waals surface area contributed by atoms with E-state index in [1.807, 2.05) is 0 Å². The highest BCUT2D eigenvalue weighted by molar-refractivity contribution is 6.17. The van der Waals surface area contributed by atoms with Gasteiger partial charge in [0.15, 0.2) is 0 Å². The van der Waals surface area contributed by atoms with Gasteiger partial charge in [-0.1, -0.05) is 18.2 Å². The molecule has 0 aliphatic heterocycles. The van der Waals surface area contributed by atoms with Crippen LogP contribution in [0.15, 0.2) is 0 Å². The highest BCUT2D eigenvalue weighted by Crippen LogP contribution is 2.52. The van der Waals surface area contributed by atoms with E-state index in [9.17, 15) is 0 Å². The SMILES string of the molecule is [B]C1(CCO)CC1. The van der Waals surface area contributed by atoms with Gasteiger partial charge in [-0.2, -0.15) is 0 Å². The molecule has 1 nitrogen and oxygen atoms in total. The van der Waals surface area contributed by atoms with E-state index in [4.69, 9.17) is 13.0 Å². The van der Waals surface area contributed by atoms with E-state index in [0.29, 0.717) is 0 Å². The van der Waals surface area contributed by atoms with Crippen molar-refractivity contribution in [1.82, 2.24) is 0 Å². The van der Waals surface area contributed by atoms with Gasteiger partial charge in [0.05, 0.1) is 7.85 Å². The van der Waals surface area contributed by atoms with Crippen LogP contribution in [0.1, 0.15) is 19.3 Å². The second kappa shape index (κ2) is 1.51. The van der Waals surface area contributed by atoms with Crippen molar-refractivity contribution in [2.45, 2.75) is 24.6 Å². The predicted octanol–water partition coefficient (Wildman–Crippen LogP) is 0.490. The topological polar surface area (TPSA) is 20.2 Å². The molecule has 1 saturated carbocycles. The predicted molar refractivity (Wildman–Crippen MR) is 29.4 cm³/mol. The molecule has 1 aliphatic carbocycles. The van der Waals surface area contributed by atoms with Gasteiger partial charge < -0.3 is 5.11 Å². The lowest BCUT2D eigenvalue weighted by Crippen LogP contribution is -1.93. The molecule has 0 unspecified atom stereocenters. The number of rotatable bonds is 2. The van der Waals surface area contributed by atoms with Gasteiger partial charge in [0, 0.05) is 6.61 Å². The number of hydrogen-bond donors (Lipinski definition) is 1. The van der Waals surface area contributed by atoms with Gasteiger partial charge in [0.2, 0.25) is 0 Å². The monoisotopic (exact) mass is 96.1 g/mol. The van der Waals surface area contributed by atoms with Crippen LogP contribution in [0.2, 0.25) is 5.31 Å². The Balaban J connectivity index is 2.13. The molecule has 0 aromatic rings. The van der Waals surface area contributed by atoms with Crippen molar-refractivity contribution in [2.24, 2.45) is 0 Å². The number of aliphatic hydroxyl groups is 1. The Morgan fingerprint density at radius 3 is 2.29 bits per heavy atom. The van der Waals surface area contributed by atoms with Gasteiger partial charge in [-0.3, -0.25) is 0 Å². The molecule has 0 spiro atoms. The van der Waals surface area contributed by atoms with Crippen molar-refractivity contribution in [1.29, 1.82) is 0 Å². The summed E-state index contributed by atoms with van der Waals surface area (Å²) in [5, 5.41) is 8.41. The highest BCUT2D eigenvalue weighted by atomic mass is 16.3. The molecule has 2 heteroatoms. The van der Waals surface area contributed by atoms with E-state index < -0.39 is 0 Å². The molecule has 2 radical (unpaired) electrons. The normalized spacial score (nSPS) is 24.7. The molecule has 0 bridgehead atoms. The molecule has 0 aromatic heterocycles. The maximum Gasteiger partial charge on any atom is 0.0747 e. The van der Waals surface area contributed by atoms with Gasteiger partial charge >= 0.3 is 0 Å². The van der Waals surface area contributed by atoms with Crippen LogP contribution in [0.25, 0.3) is 0 Å². The first kappa shape index (κ1) is 5.17. The summed E-state index contributed by atoms with van der Waals surface area (Å²) < 4.78 is 0. The lowest BCUT2D eigenvalue weighted by atomic mass is 9.81. The van der Waals surface area contributed by atoms with Crippen LogP contribution in [0, 0.1) is 0 Å². The van der Waals surface area contributed by atoms with E-state index >= 15 is 0 Å². The first-order valence-corrected chi connectivity index (χ1v) is 2.67. The average Bonchev–Trinajstić information content (AvgIpc) is 2.22. The second-order valence-electron chi connectivity index (χ2n) is 2.34. The zero-order chi connectivity index (χ0) is 5.33. The standard InChI is InChI=1S/C5H9BO/c6-5(1-2-5)3-4-7/h7H,1-4H2. The Morgan fingerprint density at radius 1 is 1.57 bits per heavy atom. The zero-order valence-electron chi connectivity index (χ0n) is 4.35. The van der Waals surface area contributed by atoms with Crippen LogP contribution in [0.3, 0.4) is 0 Å². The summed E-state index contributed by atoms with van der Waals surface area (Å²) >= 11 is 0. The summed E-state index contributed by atoms with van der Waals surface area (Å²) in [4.78, 5) is 0. The van der Waals surface area contributed by atoms with Crippen LogP contribution in [0.4, 0.5) is 0 Å². The molecular formula is C5H9BO. The summed E-state index contributed by atoms with van der Waals surface area (Å²) in [6, 6.07) is 0. The van der Waals surface area contributed by atoms with Crippen LogP contribution in [-0.2, 0) is 0 Å². The molecule has 1 aliphatic rings. The Labute approximate surface area is 45.1 Å². The van der Waals surface area contributed by atoms with E-state index in [-0.39, 0.29) is 11.9 Å². The molecule has 1 fully saturated rings. The maximum absolute atomic E-state index is 8.36. The van der Waals surface area contributed by atoms with E-state index in [1.165, 1.54) is 0 Å². The Kier molecular flexibility index (Phi) is 1.12. The summed E-state index contributed by atoms with van der Waals surface area (Å²) in [5.41, 5.74) is 0. The smallest absolute Gasteiger partial charge is 0.0747 e. The summed E-state index contributed by atoms with van der Waals surface area (Å²) in [7, 11) is 5.60. The largest absolute Gasteiger partial charge is 0.396 e. The molecule has 0 saturated heterocycles. The molecule has 0 amide bonds. The Hall–Kier alpha value is 0.0249. The third-order valence-corrected chi connectivity index (χ3v) is 1.50. The molecule has 38 valence electrons. The van der Waals surface area contributed by atoms with Crippen molar-refractivity contribution in [3.05, 3.63) is 0 Å². The maximum atomic E-state index is 8.36. The fourth-order valence-electron chi connectivity index (χ4n) is 0.633. The zero-order valence-corrected chi connectivity index (χ0v) is 4.35. The minimum Gasteiger partial charge on any atom is -0.396 e. The second-order valence-corrected chi connectivity index (χ2v) is 2.34. The lowest BCUT2D eigenvalue weighted by Gasteiger charge is -2.01. The van der Waals surface area contributed by atoms with E-state index in [2.05, 4.69) is 0 Å². The molecule has 0 aromatic carbocycles. The highest BCUT2D eigenvalue weighted by Gasteiger charge is 2.35. The van der Waals surface area contributed by atoms with Crippen molar-refractivity contribution < 1.29 is 5.11 Å². The molecule has 7 heavy (non-hydrogen) atoms. The van der Waals surface area contributed by atoms with E-state index in [0.717, 1.165) is 19.3 Å².